The van der Waals surface area contributed by atoms with Crippen molar-refractivity contribution in [1.29, 1.82) is 0 Å². The lowest BCUT2D eigenvalue weighted by atomic mass is 10.0. The smallest absolute Gasteiger partial charge is 0.307 e. The number of hydrogen-bond acceptors (Lipinski definition) is 5. The molecule has 0 saturated heterocycles. The van der Waals surface area contributed by atoms with E-state index in [2.05, 4.69) is 30.9 Å². The average Bonchev–Trinajstić information content (AvgIpc) is 2.71. The minimum absolute atomic E-state index is 0.0146. The van der Waals surface area contributed by atoms with Crippen LogP contribution in [0.3, 0.4) is 0 Å². The van der Waals surface area contributed by atoms with Crippen molar-refractivity contribution in [3.63, 3.8) is 0 Å². The molecule has 5 heteroatoms. The van der Waals surface area contributed by atoms with Gasteiger partial charge in [0.2, 0.25) is 0 Å². The van der Waals surface area contributed by atoms with Gasteiger partial charge in [0, 0.05) is 18.6 Å². The van der Waals surface area contributed by atoms with Gasteiger partial charge in [-0.3, -0.25) is 9.69 Å². The van der Waals surface area contributed by atoms with Gasteiger partial charge >= 0.3 is 5.97 Å². The number of rotatable bonds is 9. The fourth-order valence-corrected chi connectivity index (χ4v) is 3.23. The summed E-state index contributed by atoms with van der Waals surface area (Å²) in [4.78, 5) is 14.1. The first-order valence-corrected chi connectivity index (χ1v) is 9.08. The number of carbonyl (C=O) groups excluding carboxylic acids is 1. The van der Waals surface area contributed by atoms with Crippen LogP contribution in [0.4, 0.5) is 0 Å². The van der Waals surface area contributed by atoms with Crippen LogP contribution >= 0.6 is 0 Å². The molecule has 146 valence electrons. The molecule has 0 unspecified atom stereocenters. The van der Waals surface area contributed by atoms with Crippen molar-refractivity contribution < 1.29 is 19.0 Å². The van der Waals surface area contributed by atoms with Crippen LogP contribution < -0.4 is 9.47 Å². The van der Waals surface area contributed by atoms with E-state index in [4.69, 9.17) is 14.2 Å². The van der Waals surface area contributed by atoms with Crippen LogP contribution in [0.15, 0.2) is 48.5 Å². The Bertz CT molecular complexity index is 732. The van der Waals surface area contributed by atoms with Crippen molar-refractivity contribution >= 4 is 5.97 Å². The molecule has 0 radical (unpaired) electrons. The van der Waals surface area contributed by atoms with Gasteiger partial charge in [-0.15, -0.1) is 0 Å². The maximum Gasteiger partial charge on any atom is 0.307 e. The molecule has 0 amide bonds. The second kappa shape index (κ2) is 9.97. The van der Waals surface area contributed by atoms with Crippen LogP contribution in [0.25, 0.3) is 0 Å². The van der Waals surface area contributed by atoms with Crippen LogP contribution in [-0.4, -0.2) is 38.2 Å². The first kappa shape index (κ1) is 20.8. The number of ether oxygens (including phenoxy) is 3. The molecular weight excluding hydrogens is 342 g/mol. The van der Waals surface area contributed by atoms with E-state index in [1.165, 1.54) is 12.7 Å². The third-order valence-corrected chi connectivity index (χ3v) is 4.85. The van der Waals surface area contributed by atoms with Crippen LogP contribution in [0.2, 0.25) is 0 Å². The molecule has 27 heavy (non-hydrogen) atoms. The topological polar surface area (TPSA) is 48.0 Å². The fraction of sp³-hybridized carbons (Fsp3) is 0.409. The number of methoxy groups -OCH3 is 3. The second-order valence-corrected chi connectivity index (χ2v) is 6.58. The van der Waals surface area contributed by atoms with Crippen LogP contribution in [-0.2, 0) is 16.1 Å². The summed E-state index contributed by atoms with van der Waals surface area (Å²) in [5, 5.41) is 0. The number of benzene rings is 2. The largest absolute Gasteiger partial charge is 0.493 e. The summed E-state index contributed by atoms with van der Waals surface area (Å²) in [5.74, 6) is 1.19. The van der Waals surface area contributed by atoms with Crippen molar-refractivity contribution in [3.05, 3.63) is 59.7 Å². The Labute approximate surface area is 161 Å². The molecule has 0 spiro atoms. The Morgan fingerprint density at radius 1 is 0.963 bits per heavy atom. The number of nitrogens with zero attached hydrogens (tertiary/aromatic N) is 1. The molecule has 0 fully saturated rings. The van der Waals surface area contributed by atoms with Gasteiger partial charge in [-0.25, -0.2) is 0 Å². The highest BCUT2D eigenvalue weighted by Crippen LogP contribution is 2.31. The summed E-state index contributed by atoms with van der Waals surface area (Å²) in [6.07, 6.45) is 0.334. The first-order chi connectivity index (χ1) is 13.0. The summed E-state index contributed by atoms with van der Waals surface area (Å²) in [7, 11) is 4.68. The fourth-order valence-electron chi connectivity index (χ4n) is 3.23. The van der Waals surface area contributed by atoms with Crippen LogP contribution in [0.5, 0.6) is 11.5 Å². The highest BCUT2D eigenvalue weighted by Gasteiger charge is 2.24. The van der Waals surface area contributed by atoms with Gasteiger partial charge in [0.25, 0.3) is 0 Å². The molecule has 0 bridgehead atoms. The molecule has 2 rings (SSSR count). The van der Waals surface area contributed by atoms with Gasteiger partial charge in [0.15, 0.2) is 11.5 Å². The minimum Gasteiger partial charge on any atom is -0.493 e. The van der Waals surface area contributed by atoms with E-state index >= 15 is 0 Å². The van der Waals surface area contributed by atoms with Crippen molar-refractivity contribution in [3.8, 4) is 11.5 Å². The molecule has 0 aliphatic heterocycles. The van der Waals surface area contributed by atoms with E-state index in [0.29, 0.717) is 24.5 Å². The summed E-state index contributed by atoms with van der Waals surface area (Å²) < 4.78 is 15.6. The Hall–Kier alpha value is -2.53. The zero-order valence-electron chi connectivity index (χ0n) is 16.8. The predicted octanol–water partition coefficient (Wildman–Crippen LogP) is 4.22. The summed E-state index contributed by atoms with van der Waals surface area (Å²) in [6.45, 7) is 4.88. The van der Waals surface area contributed by atoms with E-state index in [9.17, 15) is 4.79 Å². The minimum atomic E-state index is -0.208. The zero-order chi connectivity index (χ0) is 19.8. The van der Waals surface area contributed by atoms with Crippen LogP contribution in [0.1, 0.15) is 37.4 Å². The lowest BCUT2D eigenvalue weighted by molar-refractivity contribution is -0.142. The molecule has 2 atom stereocenters. The third-order valence-electron chi connectivity index (χ3n) is 4.85. The third kappa shape index (κ3) is 5.47. The van der Waals surface area contributed by atoms with Gasteiger partial charge in [-0.05, 0) is 37.1 Å². The van der Waals surface area contributed by atoms with Gasteiger partial charge < -0.3 is 14.2 Å². The quantitative estimate of drug-likeness (QED) is 0.618. The Kier molecular flexibility index (Phi) is 7.67. The Morgan fingerprint density at radius 2 is 1.63 bits per heavy atom. The SMILES string of the molecule is COC(=O)C[C@@H](C)N(Cc1ccc(OC)c(OC)c1)[C@H](C)c1ccccc1. The number of carbonyl (C=O) groups is 1. The van der Waals surface area contributed by atoms with Crippen molar-refractivity contribution in [2.45, 2.75) is 38.9 Å². The highest BCUT2D eigenvalue weighted by atomic mass is 16.5. The van der Waals surface area contributed by atoms with E-state index in [1.807, 2.05) is 36.4 Å². The standard InChI is InChI=1S/C22H29NO4/c1-16(13-22(24)27-5)23(17(2)19-9-7-6-8-10-19)15-18-11-12-20(25-3)21(14-18)26-4/h6-12,14,16-17H,13,15H2,1-5H3/t16-,17-/m1/s1. The van der Waals surface area contributed by atoms with Gasteiger partial charge in [0.1, 0.15) is 0 Å². The first-order valence-electron chi connectivity index (χ1n) is 9.08. The molecule has 0 saturated carbocycles. The van der Waals surface area contributed by atoms with Crippen molar-refractivity contribution in [2.24, 2.45) is 0 Å². The molecule has 0 aliphatic carbocycles. The number of esters is 1. The summed E-state index contributed by atoms with van der Waals surface area (Å²) >= 11 is 0. The average molecular weight is 371 g/mol. The normalized spacial score (nSPS) is 13.1. The number of hydrogen-bond donors (Lipinski definition) is 0. The molecular formula is C22H29NO4. The van der Waals surface area contributed by atoms with Crippen LogP contribution in [0, 0.1) is 0 Å². The second-order valence-electron chi connectivity index (χ2n) is 6.58. The molecule has 0 heterocycles. The van der Waals surface area contributed by atoms with E-state index in [0.717, 1.165) is 5.56 Å². The monoisotopic (exact) mass is 371 g/mol. The van der Waals surface area contributed by atoms with Crippen molar-refractivity contribution in [1.82, 2.24) is 4.90 Å². The van der Waals surface area contributed by atoms with Crippen molar-refractivity contribution in [2.75, 3.05) is 21.3 Å². The van der Waals surface area contributed by atoms with E-state index < -0.39 is 0 Å². The van der Waals surface area contributed by atoms with Gasteiger partial charge in [0.05, 0.1) is 27.8 Å². The summed E-state index contributed by atoms with van der Waals surface area (Å²) in [6, 6.07) is 16.4. The lowest BCUT2D eigenvalue weighted by Gasteiger charge is -2.34. The molecule has 0 aliphatic rings. The van der Waals surface area contributed by atoms with E-state index in [-0.39, 0.29) is 18.1 Å². The molecule has 0 N–H and O–H groups in total. The molecule has 5 nitrogen and oxygen atoms in total. The lowest BCUT2D eigenvalue weighted by Crippen LogP contribution is -2.36. The maximum atomic E-state index is 11.8. The highest BCUT2D eigenvalue weighted by molar-refractivity contribution is 5.69. The molecule has 2 aromatic rings. The van der Waals surface area contributed by atoms with Gasteiger partial charge in [-0.1, -0.05) is 36.4 Å². The molecule has 0 aromatic heterocycles. The maximum absolute atomic E-state index is 11.8. The summed E-state index contributed by atoms with van der Waals surface area (Å²) in [5.41, 5.74) is 2.29. The predicted molar refractivity (Wildman–Crippen MR) is 106 cm³/mol. The Morgan fingerprint density at radius 3 is 2.22 bits per heavy atom. The zero-order valence-corrected chi connectivity index (χ0v) is 16.8. The molecule has 2 aromatic carbocycles. The Balaban J connectivity index is 2.30. The van der Waals surface area contributed by atoms with Gasteiger partial charge in [-0.2, -0.15) is 0 Å². The van der Waals surface area contributed by atoms with E-state index in [1.54, 1.807) is 14.2 Å².